The van der Waals surface area contributed by atoms with E-state index in [1.807, 2.05) is 13.0 Å². The number of hydrogen-bond acceptors (Lipinski definition) is 3. The Balaban J connectivity index is 2.05. The number of non-ortho nitro benzene ring substituents is 1. The fourth-order valence-electron chi connectivity index (χ4n) is 3.03. The summed E-state index contributed by atoms with van der Waals surface area (Å²) in [4.78, 5) is 10.5. The molecule has 2 unspecified atom stereocenters. The molecular formula is C16H24N2O2. The first-order valence-electron chi connectivity index (χ1n) is 7.61. The van der Waals surface area contributed by atoms with E-state index < -0.39 is 0 Å². The second kappa shape index (κ2) is 6.73. The van der Waals surface area contributed by atoms with Crippen molar-refractivity contribution in [1.82, 2.24) is 0 Å². The van der Waals surface area contributed by atoms with Gasteiger partial charge in [-0.05, 0) is 37.7 Å². The number of hydrogen-bond donors (Lipinski definition) is 1. The van der Waals surface area contributed by atoms with Gasteiger partial charge in [-0.1, -0.05) is 32.3 Å². The molecule has 1 saturated carbocycles. The van der Waals surface area contributed by atoms with Crippen molar-refractivity contribution in [3.63, 3.8) is 0 Å². The van der Waals surface area contributed by atoms with Crippen molar-refractivity contribution >= 4 is 11.4 Å². The predicted molar refractivity (Wildman–Crippen MR) is 82.1 cm³/mol. The molecule has 1 aliphatic carbocycles. The Hall–Kier alpha value is -1.58. The summed E-state index contributed by atoms with van der Waals surface area (Å²) in [5.74, 6) is 0.855. The molecule has 0 amide bonds. The van der Waals surface area contributed by atoms with E-state index in [0.717, 1.165) is 17.2 Å². The predicted octanol–water partition coefficient (Wildman–Crippen LogP) is 4.67. The molecular weight excluding hydrogens is 252 g/mol. The number of anilines is 1. The van der Waals surface area contributed by atoms with E-state index in [2.05, 4.69) is 12.2 Å². The molecule has 110 valence electrons. The molecule has 0 spiro atoms. The fraction of sp³-hybridized carbons (Fsp3) is 0.625. The molecule has 1 aliphatic rings. The molecule has 1 aromatic rings. The van der Waals surface area contributed by atoms with Gasteiger partial charge in [0.15, 0.2) is 0 Å². The van der Waals surface area contributed by atoms with Crippen LogP contribution in [0.4, 0.5) is 11.4 Å². The zero-order valence-corrected chi connectivity index (χ0v) is 12.4. The van der Waals surface area contributed by atoms with Crippen LogP contribution in [0.15, 0.2) is 18.2 Å². The molecule has 2 rings (SSSR count). The van der Waals surface area contributed by atoms with Crippen molar-refractivity contribution in [3.05, 3.63) is 33.9 Å². The lowest BCUT2D eigenvalue weighted by Crippen LogP contribution is -2.19. The van der Waals surface area contributed by atoms with E-state index in [9.17, 15) is 10.1 Å². The molecule has 4 nitrogen and oxygen atoms in total. The van der Waals surface area contributed by atoms with Crippen molar-refractivity contribution in [2.45, 2.75) is 58.4 Å². The van der Waals surface area contributed by atoms with Crippen LogP contribution >= 0.6 is 0 Å². The summed E-state index contributed by atoms with van der Waals surface area (Å²) < 4.78 is 0. The van der Waals surface area contributed by atoms with Gasteiger partial charge in [-0.15, -0.1) is 0 Å². The van der Waals surface area contributed by atoms with E-state index in [0.29, 0.717) is 6.04 Å². The SMILES string of the molecule is CCC1CCCC(Nc2cc([N+](=O)[O-])ccc2C)CC1. The van der Waals surface area contributed by atoms with Crippen LogP contribution in [0.2, 0.25) is 0 Å². The van der Waals surface area contributed by atoms with Crippen LogP contribution < -0.4 is 5.32 Å². The Kier molecular flexibility index (Phi) is 4.99. The van der Waals surface area contributed by atoms with Gasteiger partial charge in [0.1, 0.15) is 0 Å². The third-order valence-corrected chi connectivity index (χ3v) is 4.46. The zero-order chi connectivity index (χ0) is 14.5. The van der Waals surface area contributed by atoms with Crippen LogP contribution in [-0.2, 0) is 0 Å². The van der Waals surface area contributed by atoms with Crippen LogP contribution in [0.1, 0.15) is 51.0 Å². The first kappa shape index (κ1) is 14.8. The third kappa shape index (κ3) is 3.71. The summed E-state index contributed by atoms with van der Waals surface area (Å²) in [6.07, 6.45) is 7.44. The molecule has 0 aromatic heterocycles. The first-order chi connectivity index (χ1) is 9.60. The van der Waals surface area contributed by atoms with Crippen LogP contribution in [-0.4, -0.2) is 11.0 Å². The van der Waals surface area contributed by atoms with Gasteiger partial charge in [0.05, 0.1) is 4.92 Å². The highest BCUT2D eigenvalue weighted by Crippen LogP contribution is 2.29. The average molecular weight is 276 g/mol. The lowest BCUT2D eigenvalue weighted by atomic mass is 9.98. The Morgan fingerprint density at radius 3 is 2.80 bits per heavy atom. The van der Waals surface area contributed by atoms with Crippen molar-refractivity contribution < 1.29 is 4.92 Å². The number of nitro groups is 1. The summed E-state index contributed by atoms with van der Waals surface area (Å²) in [5.41, 5.74) is 2.16. The number of aryl methyl sites for hydroxylation is 1. The monoisotopic (exact) mass is 276 g/mol. The summed E-state index contributed by atoms with van der Waals surface area (Å²) in [7, 11) is 0. The highest BCUT2D eigenvalue weighted by atomic mass is 16.6. The number of nitrogens with one attached hydrogen (secondary N) is 1. The molecule has 0 heterocycles. The molecule has 1 fully saturated rings. The van der Waals surface area contributed by atoms with Crippen LogP contribution in [0.3, 0.4) is 0 Å². The molecule has 0 aliphatic heterocycles. The molecule has 2 atom stereocenters. The fourth-order valence-corrected chi connectivity index (χ4v) is 3.03. The Bertz CT molecular complexity index is 474. The molecule has 20 heavy (non-hydrogen) atoms. The summed E-state index contributed by atoms with van der Waals surface area (Å²) in [6, 6.07) is 5.51. The van der Waals surface area contributed by atoms with E-state index >= 15 is 0 Å². The number of benzene rings is 1. The highest BCUT2D eigenvalue weighted by Gasteiger charge is 2.19. The van der Waals surface area contributed by atoms with E-state index in [1.165, 1.54) is 38.5 Å². The molecule has 0 saturated heterocycles. The van der Waals surface area contributed by atoms with E-state index in [-0.39, 0.29) is 10.6 Å². The lowest BCUT2D eigenvalue weighted by Gasteiger charge is -2.19. The summed E-state index contributed by atoms with van der Waals surface area (Å²) >= 11 is 0. The van der Waals surface area contributed by atoms with Gasteiger partial charge in [0, 0.05) is 23.9 Å². The second-order valence-electron chi connectivity index (χ2n) is 5.88. The normalized spacial score (nSPS) is 23.1. The van der Waals surface area contributed by atoms with Gasteiger partial charge in [-0.2, -0.15) is 0 Å². The Labute approximate surface area is 120 Å². The molecule has 1 N–H and O–H groups in total. The maximum absolute atomic E-state index is 10.9. The zero-order valence-electron chi connectivity index (χ0n) is 12.4. The second-order valence-corrected chi connectivity index (χ2v) is 5.88. The topological polar surface area (TPSA) is 55.2 Å². The number of rotatable bonds is 4. The van der Waals surface area contributed by atoms with E-state index in [1.54, 1.807) is 12.1 Å². The molecule has 1 aromatic carbocycles. The maximum atomic E-state index is 10.9. The van der Waals surface area contributed by atoms with Crippen molar-refractivity contribution in [1.29, 1.82) is 0 Å². The summed E-state index contributed by atoms with van der Waals surface area (Å²) in [5, 5.41) is 14.4. The van der Waals surface area contributed by atoms with Gasteiger partial charge in [0.2, 0.25) is 0 Å². The molecule has 0 bridgehead atoms. The van der Waals surface area contributed by atoms with E-state index in [4.69, 9.17) is 0 Å². The summed E-state index contributed by atoms with van der Waals surface area (Å²) in [6.45, 7) is 4.26. The lowest BCUT2D eigenvalue weighted by molar-refractivity contribution is -0.384. The standard InChI is InChI=1S/C16H24N2O2/c1-3-13-5-4-6-14(9-8-13)17-16-11-15(18(19)20)10-7-12(16)2/h7,10-11,13-14,17H,3-6,8-9H2,1-2H3. The number of nitro benzene ring substituents is 1. The maximum Gasteiger partial charge on any atom is 0.271 e. The van der Waals surface area contributed by atoms with Gasteiger partial charge < -0.3 is 5.32 Å². The molecule has 0 radical (unpaired) electrons. The quantitative estimate of drug-likeness (QED) is 0.493. The Morgan fingerprint density at radius 1 is 1.30 bits per heavy atom. The van der Waals surface area contributed by atoms with Crippen molar-refractivity contribution in [2.24, 2.45) is 5.92 Å². The van der Waals surface area contributed by atoms with Gasteiger partial charge >= 0.3 is 0 Å². The highest BCUT2D eigenvalue weighted by molar-refractivity contribution is 5.57. The average Bonchev–Trinajstić information content (AvgIpc) is 2.66. The van der Waals surface area contributed by atoms with Gasteiger partial charge in [0.25, 0.3) is 5.69 Å². The minimum Gasteiger partial charge on any atom is -0.382 e. The van der Waals surface area contributed by atoms with Crippen LogP contribution in [0, 0.1) is 23.0 Å². The molecule has 4 heteroatoms. The Morgan fingerprint density at radius 2 is 2.10 bits per heavy atom. The third-order valence-electron chi connectivity index (χ3n) is 4.46. The number of nitrogens with zero attached hydrogens (tertiary/aromatic N) is 1. The van der Waals surface area contributed by atoms with Gasteiger partial charge in [-0.25, -0.2) is 0 Å². The van der Waals surface area contributed by atoms with Crippen molar-refractivity contribution in [3.8, 4) is 0 Å². The first-order valence-corrected chi connectivity index (χ1v) is 7.61. The van der Waals surface area contributed by atoms with Crippen molar-refractivity contribution in [2.75, 3.05) is 5.32 Å². The largest absolute Gasteiger partial charge is 0.382 e. The van der Waals surface area contributed by atoms with Gasteiger partial charge in [-0.3, -0.25) is 10.1 Å². The minimum atomic E-state index is -0.329. The smallest absolute Gasteiger partial charge is 0.271 e. The minimum absolute atomic E-state index is 0.165. The van der Waals surface area contributed by atoms with Crippen LogP contribution in [0.5, 0.6) is 0 Å². The van der Waals surface area contributed by atoms with Crippen LogP contribution in [0.25, 0.3) is 0 Å².